The minimum atomic E-state index is 0.241. The molecule has 1 aliphatic heterocycles. The maximum absolute atomic E-state index is 11.8. The number of piperidine rings is 1. The van der Waals surface area contributed by atoms with Crippen LogP contribution in [0.25, 0.3) is 0 Å². The quantitative estimate of drug-likeness (QED) is 0.492. The molecule has 1 saturated carbocycles. The first-order chi connectivity index (χ1) is 14.5. The van der Waals surface area contributed by atoms with Crippen molar-refractivity contribution < 1.29 is 9.53 Å². The lowest BCUT2D eigenvalue weighted by Crippen LogP contribution is -2.41. The number of hydrogen-bond acceptors (Lipinski definition) is 3. The van der Waals surface area contributed by atoms with E-state index in [1.165, 1.54) is 74.6 Å². The molecule has 2 fully saturated rings. The fourth-order valence-electron chi connectivity index (χ4n) is 5.41. The van der Waals surface area contributed by atoms with Crippen LogP contribution in [0.1, 0.15) is 64.4 Å². The van der Waals surface area contributed by atoms with Crippen LogP contribution in [0.4, 0.5) is 0 Å². The Bertz CT molecular complexity index is 680. The van der Waals surface area contributed by atoms with Crippen LogP contribution in [0.5, 0.6) is 5.75 Å². The number of amides is 1. The average molecular weight is 480 g/mol. The van der Waals surface area contributed by atoms with Crippen LogP contribution in [0, 0.1) is 11.8 Å². The Labute approximate surface area is 191 Å². The second-order valence-corrected chi connectivity index (χ2v) is 10.1. The van der Waals surface area contributed by atoms with Crippen molar-refractivity contribution in [1.29, 1.82) is 0 Å². The maximum atomic E-state index is 11.8. The van der Waals surface area contributed by atoms with E-state index in [1.807, 2.05) is 6.07 Å². The van der Waals surface area contributed by atoms with Gasteiger partial charge in [-0.3, -0.25) is 4.79 Å². The van der Waals surface area contributed by atoms with Crippen molar-refractivity contribution in [3.05, 3.63) is 28.2 Å². The maximum Gasteiger partial charge on any atom is 0.219 e. The molecule has 168 valence electrons. The van der Waals surface area contributed by atoms with Crippen molar-refractivity contribution in [3.63, 3.8) is 0 Å². The van der Waals surface area contributed by atoms with Gasteiger partial charge in [0, 0.05) is 24.0 Å². The number of halogens is 1. The standard InChI is InChI=1S/C25H39BrN2O2/c1-4-28(19(2)29)23-7-5-20(6-8-23)11-14-27-15-12-21(13-16-27)17-22-18-24(30-3)9-10-25(22)26/h9-10,18,20-21,23H,4-8,11-17H2,1-3H3. The normalized spacial score (nSPS) is 23.3. The number of ether oxygens (including phenoxy) is 1. The summed E-state index contributed by atoms with van der Waals surface area (Å²) in [5.41, 5.74) is 1.37. The molecule has 0 N–H and O–H groups in total. The molecule has 0 atom stereocenters. The molecule has 1 aromatic rings. The van der Waals surface area contributed by atoms with Gasteiger partial charge in [-0.25, -0.2) is 0 Å². The van der Waals surface area contributed by atoms with Gasteiger partial charge < -0.3 is 14.5 Å². The minimum Gasteiger partial charge on any atom is -0.497 e. The number of carbonyl (C=O) groups excluding carboxylic acids is 1. The predicted octanol–water partition coefficient (Wildman–Crippen LogP) is 5.53. The van der Waals surface area contributed by atoms with Gasteiger partial charge in [0.2, 0.25) is 5.91 Å². The van der Waals surface area contributed by atoms with Crippen LogP contribution in [-0.4, -0.2) is 55.0 Å². The van der Waals surface area contributed by atoms with Crippen LogP contribution in [0.3, 0.4) is 0 Å². The third kappa shape index (κ3) is 6.46. The van der Waals surface area contributed by atoms with E-state index in [0.717, 1.165) is 30.6 Å². The van der Waals surface area contributed by atoms with Crippen LogP contribution in [0.2, 0.25) is 0 Å². The van der Waals surface area contributed by atoms with E-state index < -0.39 is 0 Å². The lowest BCUT2D eigenvalue weighted by molar-refractivity contribution is -0.131. The van der Waals surface area contributed by atoms with Gasteiger partial charge in [-0.05, 0) is 114 Å². The molecule has 30 heavy (non-hydrogen) atoms. The van der Waals surface area contributed by atoms with Gasteiger partial charge in [-0.1, -0.05) is 15.9 Å². The fourth-order valence-corrected chi connectivity index (χ4v) is 5.82. The molecule has 0 radical (unpaired) electrons. The third-order valence-electron chi connectivity index (χ3n) is 7.32. The fraction of sp³-hybridized carbons (Fsp3) is 0.720. The first-order valence-electron chi connectivity index (χ1n) is 11.8. The summed E-state index contributed by atoms with van der Waals surface area (Å²) >= 11 is 3.71. The van der Waals surface area contributed by atoms with Crippen molar-refractivity contribution in [3.8, 4) is 5.75 Å². The molecule has 1 aromatic carbocycles. The monoisotopic (exact) mass is 478 g/mol. The highest BCUT2D eigenvalue weighted by atomic mass is 79.9. The van der Waals surface area contributed by atoms with E-state index in [9.17, 15) is 4.79 Å². The van der Waals surface area contributed by atoms with Gasteiger partial charge >= 0.3 is 0 Å². The van der Waals surface area contributed by atoms with E-state index in [1.54, 1.807) is 14.0 Å². The summed E-state index contributed by atoms with van der Waals surface area (Å²) in [6.07, 6.45) is 10.0. The lowest BCUT2D eigenvalue weighted by atomic mass is 9.83. The smallest absolute Gasteiger partial charge is 0.219 e. The summed E-state index contributed by atoms with van der Waals surface area (Å²) in [5, 5.41) is 0. The highest BCUT2D eigenvalue weighted by Crippen LogP contribution is 2.31. The molecule has 0 bridgehead atoms. The van der Waals surface area contributed by atoms with Crippen LogP contribution < -0.4 is 4.74 Å². The Morgan fingerprint density at radius 3 is 2.43 bits per heavy atom. The Kier molecular flexibility index (Phi) is 9.06. The number of carbonyl (C=O) groups is 1. The summed E-state index contributed by atoms with van der Waals surface area (Å²) in [6, 6.07) is 6.78. The van der Waals surface area contributed by atoms with Gasteiger partial charge in [-0.2, -0.15) is 0 Å². The largest absolute Gasteiger partial charge is 0.497 e. The molecule has 0 spiro atoms. The Morgan fingerprint density at radius 1 is 1.13 bits per heavy atom. The molecule has 0 unspecified atom stereocenters. The number of hydrogen-bond donors (Lipinski definition) is 0. The third-order valence-corrected chi connectivity index (χ3v) is 8.10. The van der Waals surface area contributed by atoms with Crippen LogP contribution >= 0.6 is 15.9 Å². The second kappa shape index (κ2) is 11.5. The molecule has 4 nitrogen and oxygen atoms in total. The summed E-state index contributed by atoms with van der Waals surface area (Å²) in [5.74, 6) is 2.81. The Hall–Kier alpha value is -1.07. The van der Waals surface area contributed by atoms with E-state index in [2.05, 4.69) is 44.8 Å². The molecule has 3 rings (SSSR count). The number of nitrogens with zero attached hydrogens (tertiary/aromatic N) is 2. The zero-order valence-corrected chi connectivity index (χ0v) is 20.6. The highest BCUT2D eigenvalue weighted by Gasteiger charge is 2.27. The van der Waals surface area contributed by atoms with Gasteiger partial charge in [0.05, 0.1) is 7.11 Å². The predicted molar refractivity (Wildman–Crippen MR) is 127 cm³/mol. The second-order valence-electron chi connectivity index (χ2n) is 9.21. The Morgan fingerprint density at radius 2 is 1.83 bits per heavy atom. The van der Waals surface area contributed by atoms with Crippen molar-refractivity contribution >= 4 is 21.8 Å². The van der Waals surface area contributed by atoms with Gasteiger partial charge in [0.1, 0.15) is 5.75 Å². The molecule has 0 aromatic heterocycles. The molecule has 1 heterocycles. The number of benzene rings is 1. The molecule has 5 heteroatoms. The summed E-state index contributed by atoms with van der Waals surface area (Å²) in [4.78, 5) is 16.5. The minimum absolute atomic E-state index is 0.241. The molecule has 1 amide bonds. The summed E-state index contributed by atoms with van der Waals surface area (Å²) in [6.45, 7) is 8.38. The molecule has 1 saturated heterocycles. The topological polar surface area (TPSA) is 32.8 Å². The van der Waals surface area contributed by atoms with Gasteiger partial charge in [0.15, 0.2) is 0 Å². The van der Waals surface area contributed by atoms with Crippen LogP contribution in [0.15, 0.2) is 22.7 Å². The molecule has 1 aliphatic carbocycles. The first kappa shape index (κ1) is 23.6. The zero-order chi connectivity index (χ0) is 21.5. The van der Waals surface area contributed by atoms with E-state index in [-0.39, 0.29) is 5.91 Å². The van der Waals surface area contributed by atoms with Crippen LogP contribution in [-0.2, 0) is 11.2 Å². The Balaban J connectivity index is 1.36. The van der Waals surface area contributed by atoms with Crippen molar-refractivity contribution in [2.75, 3.05) is 33.3 Å². The number of likely N-dealkylation sites (tertiary alicyclic amines) is 1. The zero-order valence-electron chi connectivity index (χ0n) is 19.0. The van der Waals surface area contributed by atoms with Gasteiger partial charge in [-0.15, -0.1) is 0 Å². The lowest BCUT2D eigenvalue weighted by Gasteiger charge is -2.37. The SMILES string of the molecule is CCN(C(C)=O)C1CCC(CCN2CCC(Cc3cc(OC)ccc3Br)CC2)CC1. The number of rotatable bonds is 8. The van der Waals surface area contributed by atoms with Crippen molar-refractivity contribution in [2.24, 2.45) is 11.8 Å². The molecular weight excluding hydrogens is 440 g/mol. The first-order valence-corrected chi connectivity index (χ1v) is 12.6. The van der Waals surface area contributed by atoms with E-state index in [0.29, 0.717) is 6.04 Å². The summed E-state index contributed by atoms with van der Waals surface area (Å²) in [7, 11) is 1.74. The van der Waals surface area contributed by atoms with Gasteiger partial charge in [0.25, 0.3) is 0 Å². The van der Waals surface area contributed by atoms with Crippen molar-refractivity contribution in [1.82, 2.24) is 9.80 Å². The van der Waals surface area contributed by atoms with E-state index >= 15 is 0 Å². The molecule has 2 aliphatic rings. The highest BCUT2D eigenvalue weighted by molar-refractivity contribution is 9.10. The van der Waals surface area contributed by atoms with E-state index in [4.69, 9.17) is 4.74 Å². The van der Waals surface area contributed by atoms with Crippen molar-refractivity contribution in [2.45, 2.75) is 71.3 Å². The number of methoxy groups -OCH3 is 1. The summed E-state index contributed by atoms with van der Waals surface area (Å²) < 4.78 is 6.60. The molecular formula is C25H39BrN2O2. The average Bonchev–Trinajstić information content (AvgIpc) is 2.76.